The molecule has 29 heavy (non-hydrogen) atoms. The molecule has 2 fully saturated rings. The lowest BCUT2D eigenvalue weighted by Crippen LogP contribution is -2.52. The molecule has 2 aliphatic rings. The molecule has 0 aliphatic carbocycles. The summed E-state index contributed by atoms with van der Waals surface area (Å²) in [5, 5.41) is 5.66. The van der Waals surface area contributed by atoms with Crippen LogP contribution in [0.15, 0.2) is 41.8 Å². The van der Waals surface area contributed by atoms with Gasteiger partial charge in [0, 0.05) is 45.2 Å². The fourth-order valence-electron chi connectivity index (χ4n) is 4.00. The van der Waals surface area contributed by atoms with Crippen molar-refractivity contribution in [3.05, 3.63) is 47.6 Å². The zero-order valence-electron chi connectivity index (χ0n) is 16.2. The topological polar surface area (TPSA) is 55.9 Å². The summed E-state index contributed by atoms with van der Waals surface area (Å²) in [6, 6.07) is 10.4. The molecular weight excluding hydrogens is 391 g/mol. The Kier molecular flexibility index (Phi) is 5.99. The van der Waals surface area contributed by atoms with Gasteiger partial charge in [-0.15, -0.1) is 11.3 Å². The number of urea groups is 1. The van der Waals surface area contributed by atoms with Gasteiger partial charge in [0.25, 0.3) is 0 Å². The number of carbonyl (C=O) groups is 2. The van der Waals surface area contributed by atoms with Crippen LogP contribution >= 0.6 is 11.3 Å². The molecule has 0 atom stereocenters. The minimum Gasteiger partial charge on any atom is -0.366 e. The van der Waals surface area contributed by atoms with Crippen molar-refractivity contribution in [3.8, 4) is 0 Å². The van der Waals surface area contributed by atoms with E-state index < -0.39 is 0 Å². The van der Waals surface area contributed by atoms with Crippen LogP contribution in [0, 0.1) is 11.7 Å². The number of halogens is 1. The zero-order chi connectivity index (χ0) is 20.2. The Bertz CT molecular complexity index is 844. The van der Waals surface area contributed by atoms with Crippen LogP contribution in [0.4, 0.5) is 19.9 Å². The van der Waals surface area contributed by atoms with Crippen LogP contribution < -0.4 is 10.2 Å². The van der Waals surface area contributed by atoms with E-state index in [0.717, 1.165) is 5.00 Å². The van der Waals surface area contributed by atoms with E-state index in [-0.39, 0.29) is 23.7 Å². The largest absolute Gasteiger partial charge is 0.366 e. The molecule has 0 bridgehead atoms. The van der Waals surface area contributed by atoms with E-state index in [9.17, 15) is 14.0 Å². The van der Waals surface area contributed by atoms with Gasteiger partial charge in [-0.2, -0.15) is 0 Å². The van der Waals surface area contributed by atoms with E-state index in [0.29, 0.717) is 57.8 Å². The summed E-state index contributed by atoms with van der Waals surface area (Å²) in [5.74, 6) is -0.0993. The molecule has 0 saturated carbocycles. The van der Waals surface area contributed by atoms with Gasteiger partial charge in [0.2, 0.25) is 5.91 Å². The highest BCUT2D eigenvalue weighted by molar-refractivity contribution is 7.14. The SMILES string of the molecule is O=C(Nc1cccs1)N1CCC(C(=O)N2CCN(c3ccccc3F)CC2)CC1. The first-order valence-corrected chi connectivity index (χ1v) is 10.9. The molecule has 1 aromatic heterocycles. The van der Waals surface area contributed by atoms with E-state index in [1.807, 2.05) is 33.4 Å². The van der Waals surface area contributed by atoms with Crippen molar-refractivity contribution in [1.29, 1.82) is 0 Å². The number of hydrogen-bond donors (Lipinski definition) is 1. The second kappa shape index (κ2) is 8.82. The second-order valence-electron chi connectivity index (χ2n) is 7.43. The lowest BCUT2D eigenvalue weighted by atomic mass is 9.95. The van der Waals surface area contributed by atoms with E-state index in [4.69, 9.17) is 0 Å². The highest BCUT2D eigenvalue weighted by Crippen LogP contribution is 2.24. The van der Waals surface area contributed by atoms with Crippen molar-refractivity contribution in [3.63, 3.8) is 0 Å². The number of thiophene rings is 1. The van der Waals surface area contributed by atoms with Crippen molar-refractivity contribution in [2.45, 2.75) is 12.8 Å². The highest BCUT2D eigenvalue weighted by Gasteiger charge is 2.32. The molecule has 6 nitrogen and oxygen atoms in total. The predicted molar refractivity (Wildman–Crippen MR) is 113 cm³/mol. The van der Waals surface area contributed by atoms with Crippen molar-refractivity contribution < 1.29 is 14.0 Å². The standard InChI is InChI=1S/C21H25FN4O2S/c22-17-4-1-2-5-18(17)24-11-13-25(14-12-24)20(27)16-7-9-26(10-8-16)21(28)23-19-6-3-15-29-19/h1-6,15-16H,7-14H2,(H,23,28). The number of likely N-dealkylation sites (tertiary alicyclic amines) is 1. The molecule has 3 amide bonds. The van der Waals surface area contributed by atoms with Gasteiger partial charge in [-0.3, -0.25) is 10.1 Å². The summed E-state index contributed by atoms with van der Waals surface area (Å²) in [7, 11) is 0. The van der Waals surface area contributed by atoms with Gasteiger partial charge < -0.3 is 14.7 Å². The third-order valence-corrected chi connectivity index (χ3v) is 6.45. The smallest absolute Gasteiger partial charge is 0.322 e. The average molecular weight is 417 g/mol. The van der Waals surface area contributed by atoms with Gasteiger partial charge in [-0.05, 0) is 42.5 Å². The minimum absolute atomic E-state index is 0.0409. The van der Waals surface area contributed by atoms with Crippen molar-refractivity contribution in [2.24, 2.45) is 5.92 Å². The lowest BCUT2D eigenvalue weighted by Gasteiger charge is -2.39. The van der Waals surface area contributed by atoms with E-state index in [2.05, 4.69) is 5.32 Å². The number of benzene rings is 1. The first-order chi connectivity index (χ1) is 14.1. The van der Waals surface area contributed by atoms with Gasteiger partial charge in [0.15, 0.2) is 0 Å². The first-order valence-electron chi connectivity index (χ1n) is 9.99. The molecule has 0 unspecified atom stereocenters. The Morgan fingerprint density at radius 3 is 2.31 bits per heavy atom. The normalized spacial score (nSPS) is 18.0. The van der Waals surface area contributed by atoms with Crippen LogP contribution in [0.5, 0.6) is 0 Å². The van der Waals surface area contributed by atoms with Crippen LogP contribution in [-0.4, -0.2) is 61.0 Å². The summed E-state index contributed by atoms with van der Waals surface area (Å²) in [4.78, 5) is 30.9. The molecule has 154 valence electrons. The maximum absolute atomic E-state index is 14.0. The Morgan fingerprint density at radius 1 is 0.931 bits per heavy atom. The molecule has 0 spiro atoms. The van der Waals surface area contributed by atoms with Crippen molar-refractivity contribution in [2.75, 3.05) is 49.5 Å². The lowest BCUT2D eigenvalue weighted by molar-refractivity contribution is -0.137. The number of anilines is 2. The van der Waals surface area contributed by atoms with E-state index in [1.165, 1.54) is 17.4 Å². The predicted octanol–water partition coefficient (Wildman–Crippen LogP) is 3.48. The third-order valence-electron chi connectivity index (χ3n) is 5.67. The molecule has 2 saturated heterocycles. The number of rotatable bonds is 3. The molecule has 2 aliphatic heterocycles. The van der Waals surface area contributed by atoms with Crippen molar-refractivity contribution in [1.82, 2.24) is 9.80 Å². The Balaban J connectivity index is 1.25. The van der Waals surface area contributed by atoms with Gasteiger partial charge in [-0.1, -0.05) is 12.1 Å². The molecule has 0 radical (unpaired) electrons. The Hall–Kier alpha value is -2.61. The van der Waals surface area contributed by atoms with Gasteiger partial charge in [0.1, 0.15) is 5.82 Å². The maximum atomic E-state index is 14.0. The summed E-state index contributed by atoms with van der Waals surface area (Å²) in [5.41, 5.74) is 0.602. The highest BCUT2D eigenvalue weighted by atomic mass is 32.1. The summed E-state index contributed by atoms with van der Waals surface area (Å²) in [6.07, 6.45) is 1.37. The van der Waals surface area contributed by atoms with Crippen LogP contribution in [0.3, 0.4) is 0 Å². The molecule has 1 aromatic carbocycles. The molecule has 1 N–H and O–H groups in total. The number of para-hydroxylation sites is 1. The monoisotopic (exact) mass is 416 g/mol. The molecule has 3 heterocycles. The number of hydrogen-bond acceptors (Lipinski definition) is 4. The minimum atomic E-state index is -0.222. The van der Waals surface area contributed by atoms with Crippen molar-refractivity contribution >= 4 is 34.0 Å². The Labute approximate surface area is 173 Å². The Morgan fingerprint density at radius 2 is 1.66 bits per heavy atom. The van der Waals surface area contributed by atoms with Crippen LogP contribution in [0.25, 0.3) is 0 Å². The summed E-state index contributed by atoms with van der Waals surface area (Å²) >= 11 is 1.49. The average Bonchev–Trinajstić information content (AvgIpc) is 3.27. The molecule has 2 aromatic rings. The zero-order valence-corrected chi connectivity index (χ0v) is 17.0. The van der Waals surface area contributed by atoms with E-state index in [1.54, 1.807) is 17.0 Å². The molecule has 8 heteroatoms. The number of nitrogens with one attached hydrogen (secondary N) is 1. The van der Waals surface area contributed by atoms with Gasteiger partial charge in [0.05, 0.1) is 10.7 Å². The second-order valence-corrected chi connectivity index (χ2v) is 8.38. The van der Waals surface area contributed by atoms with Crippen LogP contribution in [0.2, 0.25) is 0 Å². The van der Waals surface area contributed by atoms with Crippen LogP contribution in [-0.2, 0) is 4.79 Å². The first kappa shape index (κ1) is 19.7. The van der Waals surface area contributed by atoms with Gasteiger partial charge >= 0.3 is 6.03 Å². The number of piperazine rings is 1. The third kappa shape index (κ3) is 4.53. The number of amides is 3. The quantitative estimate of drug-likeness (QED) is 0.834. The number of carbonyl (C=O) groups excluding carboxylic acids is 2. The summed E-state index contributed by atoms with van der Waals surface area (Å²) < 4.78 is 14.0. The van der Waals surface area contributed by atoms with Crippen LogP contribution in [0.1, 0.15) is 12.8 Å². The number of nitrogens with zero attached hydrogens (tertiary/aromatic N) is 3. The molecular formula is C21H25FN4O2S. The van der Waals surface area contributed by atoms with E-state index >= 15 is 0 Å². The van der Waals surface area contributed by atoms with Gasteiger partial charge in [-0.25, -0.2) is 9.18 Å². The fraction of sp³-hybridized carbons (Fsp3) is 0.429. The molecule has 4 rings (SSSR count). The fourth-order valence-corrected chi connectivity index (χ4v) is 4.60. The maximum Gasteiger partial charge on any atom is 0.322 e. The number of piperidine rings is 1. The summed E-state index contributed by atoms with van der Waals surface area (Å²) in [6.45, 7) is 3.65.